The van der Waals surface area contributed by atoms with E-state index in [1.165, 1.54) is 25.7 Å². The van der Waals surface area contributed by atoms with Gasteiger partial charge in [-0.2, -0.15) is 4.98 Å². The lowest BCUT2D eigenvalue weighted by Gasteiger charge is -2.10. The molecule has 0 spiro atoms. The molecule has 0 atom stereocenters. The molecule has 0 aliphatic heterocycles. The summed E-state index contributed by atoms with van der Waals surface area (Å²) in [6, 6.07) is 3.62. The third-order valence-electron chi connectivity index (χ3n) is 3.49. The number of rotatable bonds is 7. The first kappa shape index (κ1) is 11.6. The number of ether oxygens (including phenoxy) is 2. The molecule has 1 aromatic heterocycles. The van der Waals surface area contributed by atoms with E-state index < -0.39 is 0 Å². The molecule has 0 radical (unpaired) electrons. The van der Waals surface area contributed by atoms with Gasteiger partial charge in [0, 0.05) is 6.07 Å². The molecule has 2 saturated carbocycles. The summed E-state index contributed by atoms with van der Waals surface area (Å²) in [6.07, 6.45) is 6.36. The zero-order valence-electron chi connectivity index (χ0n) is 10.6. The van der Waals surface area contributed by atoms with Crippen LogP contribution in [0.4, 0.5) is 5.69 Å². The van der Waals surface area contributed by atoms with Crippen LogP contribution in [0.2, 0.25) is 0 Å². The molecule has 3 rings (SSSR count). The predicted octanol–water partition coefficient (Wildman–Crippen LogP) is 2.63. The molecule has 4 heteroatoms. The highest BCUT2D eigenvalue weighted by Gasteiger charge is 2.23. The van der Waals surface area contributed by atoms with Crippen molar-refractivity contribution in [1.82, 2.24) is 4.98 Å². The summed E-state index contributed by atoms with van der Waals surface area (Å²) < 4.78 is 11.3. The Kier molecular flexibility index (Phi) is 3.26. The van der Waals surface area contributed by atoms with Gasteiger partial charge in [0.1, 0.15) is 0 Å². The highest BCUT2D eigenvalue weighted by Crippen LogP contribution is 2.33. The van der Waals surface area contributed by atoms with E-state index in [1.807, 2.05) is 12.1 Å². The summed E-state index contributed by atoms with van der Waals surface area (Å²) in [4.78, 5) is 4.32. The summed E-state index contributed by atoms with van der Waals surface area (Å²) in [5.41, 5.74) is 6.43. The van der Waals surface area contributed by atoms with E-state index in [0.717, 1.165) is 25.6 Å². The number of nitrogen functional groups attached to an aromatic ring is 1. The SMILES string of the molecule is Nc1ccc(OCCC2CC2)nc1OCC1CC1. The van der Waals surface area contributed by atoms with Crippen molar-refractivity contribution < 1.29 is 9.47 Å². The highest BCUT2D eigenvalue weighted by molar-refractivity contribution is 5.49. The van der Waals surface area contributed by atoms with Crippen molar-refractivity contribution in [2.45, 2.75) is 32.1 Å². The molecule has 18 heavy (non-hydrogen) atoms. The first-order valence-corrected chi connectivity index (χ1v) is 6.83. The molecular formula is C14H20N2O2. The molecule has 98 valence electrons. The maximum Gasteiger partial charge on any atom is 0.240 e. The van der Waals surface area contributed by atoms with Gasteiger partial charge in [0.05, 0.1) is 18.9 Å². The van der Waals surface area contributed by atoms with Crippen LogP contribution in [0.15, 0.2) is 12.1 Å². The minimum Gasteiger partial charge on any atom is -0.478 e. The number of hydrogen-bond donors (Lipinski definition) is 1. The Morgan fingerprint density at radius 1 is 1.11 bits per heavy atom. The molecule has 0 amide bonds. The first-order valence-electron chi connectivity index (χ1n) is 6.83. The zero-order valence-corrected chi connectivity index (χ0v) is 10.6. The fourth-order valence-corrected chi connectivity index (χ4v) is 1.85. The fourth-order valence-electron chi connectivity index (χ4n) is 1.85. The molecule has 2 fully saturated rings. The van der Waals surface area contributed by atoms with Crippen LogP contribution >= 0.6 is 0 Å². The van der Waals surface area contributed by atoms with Gasteiger partial charge in [0.2, 0.25) is 11.8 Å². The molecule has 1 heterocycles. The van der Waals surface area contributed by atoms with Crippen LogP contribution in [0.25, 0.3) is 0 Å². The summed E-state index contributed by atoms with van der Waals surface area (Å²) in [5.74, 6) is 2.72. The van der Waals surface area contributed by atoms with E-state index in [4.69, 9.17) is 15.2 Å². The summed E-state index contributed by atoms with van der Waals surface area (Å²) in [6.45, 7) is 1.46. The van der Waals surface area contributed by atoms with Crippen molar-refractivity contribution in [2.24, 2.45) is 11.8 Å². The van der Waals surface area contributed by atoms with Gasteiger partial charge in [-0.25, -0.2) is 0 Å². The monoisotopic (exact) mass is 248 g/mol. The Balaban J connectivity index is 1.53. The van der Waals surface area contributed by atoms with Crippen molar-refractivity contribution in [3.8, 4) is 11.8 Å². The Morgan fingerprint density at radius 2 is 1.89 bits per heavy atom. The van der Waals surface area contributed by atoms with Crippen LogP contribution in [-0.2, 0) is 0 Å². The number of nitrogens with two attached hydrogens (primary N) is 1. The maximum absolute atomic E-state index is 5.84. The van der Waals surface area contributed by atoms with Crippen LogP contribution in [0, 0.1) is 11.8 Å². The summed E-state index contributed by atoms with van der Waals surface area (Å²) in [5, 5.41) is 0. The van der Waals surface area contributed by atoms with Crippen molar-refractivity contribution in [1.29, 1.82) is 0 Å². The second-order valence-electron chi connectivity index (χ2n) is 5.38. The van der Waals surface area contributed by atoms with E-state index >= 15 is 0 Å². The van der Waals surface area contributed by atoms with Gasteiger partial charge in [-0.05, 0) is 37.2 Å². The van der Waals surface area contributed by atoms with Gasteiger partial charge in [-0.3, -0.25) is 0 Å². The number of nitrogens with zero attached hydrogens (tertiary/aromatic N) is 1. The molecule has 2 N–H and O–H groups in total. The van der Waals surface area contributed by atoms with Gasteiger partial charge in [-0.1, -0.05) is 12.8 Å². The molecule has 4 nitrogen and oxygen atoms in total. The smallest absolute Gasteiger partial charge is 0.240 e. The van der Waals surface area contributed by atoms with E-state index in [9.17, 15) is 0 Å². The number of anilines is 1. The lowest BCUT2D eigenvalue weighted by Crippen LogP contribution is -2.06. The lowest BCUT2D eigenvalue weighted by atomic mass is 10.3. The first-order chi connectivity index (χ1) is 8.81. The zero-order chi connectivity index (χ0) is 12.4. The normalized spacial score (nSPS) is 18.7. The predicted molar refractivity (Wildman–Crippen MR) is 69.7 cm³/mol. The second-order valence-corrected chi connectivity index (χ2v) is 5.38. The quantitative estimate of drug-likeness (QED) is 0.806. The van der Waals surface area contributed by atoms with Crippen molar-refractivity contribution in [3.63, 3.8) is 0 Å². The Hall–Kier alpha value is -1.45. The van der Waals surface area contributed by atoms with Gasteiger partial charge in [0.15, 0.2) is 0 Å². The van der Waals surface area contributed by atoms with Gasteiger partial charge < -0.3 is 15.2 Å². The molecule has 0 aromatic carbocycles. The number of pyridine rings is 1. The Bertz CT molecular complexity index is 414. The van der Waals surface area contributed by atoms with E-state index in [2.05, 4.69) is 4.98 Å². The average molecular weight is 248 g/mol. The highest BCUT2D eigenvalue weighted by atomic mass is 16.5. The largest absolute Gasteiger partial charge is 0.478 e. The molecule has 0 bridgehead atoms. The molecule has 0 saturated heterocycles. The Labute approximate surface area is 107 Å². The Morgan fingerprint density at radius 3 is 2.61 bits per heavy atom. The van der Waals surface area contributed by atoms with Crippen LogP contribution in [-0.4, -0.2) is 18.2 Å². The molecular weight excluding hydrogens is 228 g/mol. The lowest BCUT2D eigenvalue weighted by molar-refractivity contribution is 0.267. The van der Waals surface area contributed by atoms with Crippen LogP contribution in [0.1, 0.15) is 32.1 Å². The standard InChI is InChI=1S/C14H20N2O2/c15-12-5-6-13(17-8-7-10-1-2-10)16-14(12)18-9-11-3-4-11/h5-6,10-11H,1-4,7-9,15H2. The summed E-state index contributed by atoms with van der Waals surface area (Å²) >= 11 is 0. The molecule has 2 aliphatic carbocycles. The minimum absolute atomic E-state index is 0.519. The fraction of sp³-hybridized carbons (Fsp3) is 0.643. The topological polar surface area (TPSA) is 57.4 Å². The number of hydrogen-bond acceptors (Lipinski definition) is 4. The third-order valence-corrected chi connectivity index (χ3v) is 3.49. The van der Waals surface area contributed by atoms with E-state index in [1.54, 1.807) is 0 Å². The van der Waals surface area contributed by atoms with Gasteiger partial charge in [-0.15, -0.1) is 0 Å². The average Bonchev–Trinajstić information content (AvgIpc) is 3.24. The van der Waals surface area contributed by atoms with E-state index in [0.29, 0.717) is 23.4 Å². The maximum atomic E-state index is 5.84. The van der Waals surface area contributed by atoms with Crippen LogP contribution in [0.5, 0.6) is 11.8 Å². The van der Waals surface area contributed by atoms with Crippen LogP contribution < -0.4 is 15.2 Å². The van der Waals surface area contributed by atoms with Crippen molar-refractivity contribution in [2.75, 3.05) is 18.9 Å². The number of aromatic nitrogens is 1. The van der Waals surface area contributed by atoms with Crippen LogP contribution in [0.3, 0.4) is 0 Å². The van der Waals surface area contributed by atoms with Gasteiger partial charge in [0.25, 0.3) is 0 Å². The third kappa shape index (κ3) is 3.28. The van der Waals surface area contributed by atoms with Gasteiger partial charge >= 0.3 is 0 Å². The molecule has 0 unspecified atom stereocenters. The second kappa shape index (κ2) is 5.04. The van der Waals surface area contributed by atoms with Crippen molar-refractivity contribution >= 4 is 5.69 Å². The molecule has 1 aromatic rings. The van der Waals surface area contributed by atoms with Crippen molar-refractivity contribution in [3.05, 3.63) is 12.1 Å². The van der Waals surface area contributed by atoms with E-state index in [-0.39, 0.29) is 0 Å². The molecule has 2 aliphatic rings. The summed E-state index contributed by atoms with van der Waals surface area (Å²) in [7, 11) is 0. The minimum atomic E-state index is 0.519.